The van der Waals surface area contributed by atoms with Crippen LogP contribution in [0, 0.1) is 0 Å². The van der Waals surface area contributed by atoms with E-state index in [1.54, 1.807) is 37.1 Å². The Balaban J connectivity index is 1.94. The Kier molecular flexibility index (Phi) is 6.96. The molecule has 0 spiro atoms. The number of hydrogen-bond donors (Lipinski definition) is 1. The van der Waals surface area contributed by atoms with Crippen molar-refractivity contribution in [2.75, 3.05) is 18.6 Å². The lowest BCUT2D eigenvalue weighted by atomic mass is 9.85. The third-order valence-electron chi connectivity index (χ3n) is 6.72. The molecule has 2 heterocycles. The quantitative estimate of drug-likeness (QED) is 0.483. The molecule has 0 bridgehead atoms. The molecule has 1 aromatic heterocycles. The molecule has 2 aromatic carbocycles. The second-order valence-corrected chi connectivity index (χ2v) is 9.87. The van der Waals surface area contributed by atoms with Crippen LogP contribution in [-0.4, -0.2) is 40.1 Å². The van der Waals surface area contributed by atoms with Gasteiger partial charge in [0.05, 0.1) is 29.4 Å². The monoisotopic (exact) mass is 551 g/mol. The maximum Gasteiger partial charge on any atom is 0.417 e. The number of ether oxygens (including phenoxy) is 1. The molecule has 4 rings (SSSR count). The zero-order valence-electron chi connectivity index (χ0n) is 21.0. The highest BCUT2D eigenvalue weighted by Gasteiger charge is 2.42. The molecule has 1 aliphatic rings. The number of carbonyl (C=O) groups excluding carboxylic acids is 1. The number of aliphatic hydroxyl groups excluding tert-OH is 1. The van der Waals surface area contributed by atoms with Gasteiger partial charge in [-0.2, -0.15) is 13.2 Å². The topological polar surface area (TPSA) is 93.8 Å². The molecule has 8 nitrogen and oxygen atoms in total. The van der Waals surface area contributed by atoms with Gasteiger partial charge in [0.15, 0.2) is 0 Å². The third-order valence-corrected chi connectivity index (χ3v) is 7.17. The van der Waals surface area contributed by atoms with E-state index in [1.807, 2.05) is 13.8 Å². The Morgan fingerprint density at radius 1 is 1.18 bits per heavy atom. The van der Waals surface area contributed by atoms with Gasteiger partial charge in [-0.15, -0.1) is 0 Å². The lowest BCUT2D eigenvalue weighted by Gasteiger charge is -2.26. The molecule has 1 atom stereocenters. The number of likely N-dealkylation sites (N-methyl/N-ethyl adjacent to an activating group) is 1. The van der Waals surface area contributed by atoms with Crippen molar-refractivity contribution in [2.24, 2.45) is 0 Å². The number of hydrogen-bond acceptors (Lipinski definition) is 6. The van der Waals surface area contributed by atoms with E-state index in [9.17, 15) is 32.7 Å². The number of aromatic nitrogens is 2. The van der Waals surface area contributed by atoms with Crippen molar-refractivity contribution in [1.82, 2.24) is 9.13 Å². The average molecular weight is 552 g/mol. The summed E-state index contributed by atoms with van der Waals surface area (Å²) in [7, 11) is 1.72. The Morgan fingerprint density at radius 3 is 2.50 bits per heavy atom. The maximum absolute atomic E-state index is 13.6. The van der Waals surface area contributed by atoms with Crippen molar-refractivity contribution in [1.29, 1.82) is 0 Å². The fourth-order valence-corrected chi connectivity index (χ4v) is 4.91. The summed E-state index contributed by atoms with van der Waals surface area (Å²) in [6, 6.07) is 8.10. The molecule has 0 amide bonds. The first kappa shape index (κ1) is 27.5. The predicted octanol–water partition coefficient (Wildman–Crippen LogP) is 3.94. The molecular formula is C26H25ClF3N3O5. The predicted molar refractivity (Wildman–Crippen MR) is 135 cm³/mol. The Bertz CT molecular complexity index is 1540. The average Bonchev–Trinajstić information content (AvgIpc) is 3.01. The van der Waals surface area contributed by atoms with Crippen molar-refractivity contribution in [3.05, 3.63) is 90.7 Å². The normalized spacial score (nSPS) is 16.4. The van der Waals surface area contributed by atoms with Gasteiger partial charge in [-0.25, -0.2) is 9.59 Å². The first-order valence-corrected chi connectivity index (χ1v) is 12.0. The summed E-state index contributed by atoms with van der Waals surface area (Å²) in [6.45, 7) is 4.53. The number of aliphatic hydroxyl groups is 1. The summed E-state index contributed by atoms with van der Waals surface area (Å²) in [4.78, 5) is 41.1. The summed E-state index contributed by atoms with van der Waals surface area (Å²) in [5.74, 6) is -0.994. The van der Waals surface area contributed by atoms with E-state index in [-0.39, 0.29) is 17.9 Å². The van der Waals surface area contributed by atoms with Crippen molar-refractivity contribution in [2.45, 2.75) is 45.1 Å². The zero-order chi connectivity index (χ0) is 28.2. The summed E-state index contributed by atoms with van der Waals surface area (Å²) in [5, 5.41) is 9.99. The van der Waals surface area contributed by atoms with Crippen LogP contribution in [0.25, 0.3) is 5.69 Å². The molecule has 0 saturated heterocycles. The number of alkyl halides is 3. The first-order chi connectivity index (χ1) is 17.7. The van der Waals surface area contributed by atoms with Crippen LogP contribution < -0.4 is 16.1 Å². The molecule has 0 radical (unpaired) electrons. The summed E-state index contributed by atoms with van der Waals surface area (Å²) in [5.41, 5.74) is -2.65. The van der Waals surface area contributed by atoms with Gasteiger partial charge in [0.1, 0.15) is 11.8 Å². The van der Waals surface area contributed by atoms with E-state index < -0.39 is 57.7 Å². The van der Waals surface area contributed by atoms with Crippen molar-refractivity contribution < 1.29 is 27.8 Å². The smallest absolute Gasteiger partial charge is 0.417 e. The number of benzene rings is 2. The molecule has 1 N–H and O–H groups in total. The van der Waals surface area contributed by atoms with Crippen molar-refractivity contribution in [3.63, 3.8) is 0 Å². The number of nitrogens with zero attached hydrogens (tertiary/aromatic N) is 3. The molecule has 1 aliphatic heterocycles. The van der Waals surface area contributed by atoms with Crippen molar-refractivity contribution in [3.8, 4) is 5.69 Å². The minimum absolute atomic E-state index is 0.0475. The van der Waals surface area contributed by atoms with Crippen LogP contribution in [0.1, 0.15) is 47.8 Å². The zero-order valence-corrected chi connectivity index (χ0v) is 21.7. The Hall–Kier alpha value is -3.57. The minimum atomic E-state index is -4.75. The molecule has 3 aromatic rings. The molecule has 202 valence electrons. The highest BCUT2D eigenvalue weighted by atomic mass is 35.5. The van der Waals surface area contributed by atoms with Gasteiger partial charge in [-0.05, 0) is 42.3 Å². The fourth-order valence-electron chi connectivity index (χ4n) is 4.62. The summed E-state index contributed by atoms with van der Waals surface area (Å²) in [6.07, 6.45) is -4.53. The molecule has 1 unspecified atom stereocenters. The van der Waals surface area contributed by atoms with Crippen LogP contribution in [0.2, 0.25) is 5.02 Å². The van der Waals surface area contributed by atoms with Crippen LogP contribution in [0.5, 0.6) is 0 Å². The Labute approximate surface area is 220 Å². The number of halogens is 4. The lowest BCUT2D eigenvalue weighted by molar-refractivity contribution is -0.137. The number of fused-ring (bicyclic) bond motifs is 1. The molecule has 12 heteroatoms. The van der Waals surface area contributed by atoms with Crippen LogP contribution in [0.3, 0.4) is 0 Å². The highest BCUT2D eigenvalue weighted by Crippen LogP contribution is 2.44. The van der Waals surface area contributed by atoms with Gasteiger partial charge >= 0.3 is 17.8 Å². The molecule has 0 aliphatic carbocycles. The maximum atomic E-state index is 13.6. The standard InChI is InChI=1S/C26H25ClF3N3O5/c1-5-38-22(35)16-13-32(15-9-10-19-18(11-15)25(2,3)23(36)31(19)4)24(37)33(21(16)34)12-14-7-6-8-17(20(14)27)26(28,29)30/h6-11,13,23,36H,5,12H2,1-4H3. The number of anilines is 1. The number of rotatable bonds is 5. The van der Waals surface area contributed by atoms with Gasteiger partial charge in [-0.3, -0.25) is 13.9 Å². The minimum Gasteiger partial charge on any atom is -0.462 e. The summed E-state index contributed by atoms with van der Waals surface area (Å²) < 4.78 is 46.9. The van der Waals surface area contributed by atoms with Gasteiger partial charge in [0, 0.05) is 24.3 Å². The largest absolute Gasteiger partial charge is 0.462 e. The second-order valence-electron chi connectivity index (χ2n) is 9.49. The molecular weight excluding hydrogens is 527 g/mol. The Morgan fingerprint density at radius 2 is 1.87 bits per heavy atom. The van der Waals surface area contributed by atoms with E-state index in [2.05, 4.69) is 0 Å². The van der Waals surface area contributed by atoms with Gasteiger partial charge in [0.2, 0.25) is 0 Å². The first-order valence-electron chi connectivity index (χ1n) is 11.6. The van der Waals surface area contributed by atoms with Crippen LogP contribution in [-0.2, 0) is 22.9 Å². The van der Waals surface area contributed by atoms with Gasteiger partial charge < -0.3 is 14.7 Å². The van der Waals surface area contributed by atoms with Crippen molar-refractivity contribution >= 4 is 23.3 Å². The lowest BCUT2D eigenvalue weighted by Crippen LogP contribution is -2.42. The number of esters is 1. The fraction of sp³-hybridized carbons (Fsp3) is 0.346. The van der Waals surface area contributed by atoms with E-state index in [4.69, 9.17) is 16.3 Å². The van der Waals surface area contributed by atoms with Gasteiger partial charge in [-0.1, -0.05) is 37.6 Å². The van der Waals surface area contributed by atoms with E-state index in [0.717, 1.165) is 28.6 Å². The van der Waals surface area contributed by atoms with Crippen LogP contribution >= 0.6 is 11.6 Å². The SMILES string of the molecule is CCOC(=O)c1cn(-c2ccc3c(c2)C(C)(C)C(O)N3C)c(=O)n(Cc2cccc(C(F)(F)F)c2Cl)c1=O. The van der Waals surface area contributed by atoms with Crippen LogP contribution in [0.4, 0.5) is 18.9 Å². The van der Waals surface area contributed by atoms with Gasteiger partial charge in [0.25, 0.3) is 5.56 Å². The molecule has 0 saturated carbocycles. The summed E-state index contributed by atoms with van der Waals surface area (Å²) >= 11 is 6.02. The highest BCUT2D eigenvalue weighted by molar-refractivity contribution is 6.32. The molecule has 0 fully saturated rings. The third kappa shape index (κ3) is 4.49. The van der Waals surface area contributed by atoms with Crippen LogP contribution in [0.15, 0.2) is 52.2 Å². The van der Waals surface area contributed by atoms with E-state index >= 15 is 0 Å². The second kappa shape index (κ2) is 9.63. The number of carbonyl (C=O) groups is 1. The van der Waals surface area contributed by atoms with E-state index in [1.165, 1.54) is 6.07 Å². The molecule has 38 heavy (non-hydrogen) atoms. The van der Waals surface area contributed by atoms with E-state index in [0.29, 0.717) is 10.1 Å².